The van der Waals surface area contributed by atoms with Crippen molar-refractivity contribution in [3.63, 3.8) is 0 Å². The van der Waals surface area contributed by atoms with Gasteiger partial charge in [0.15, 0.2) is 11.6 Å². The van der Waals surface area contributed by atoms with Gasteiger partial charge in [0.05, 0.1) is 17.3 Å². The minimum Gasteiger partial charge on any atom is -0.485 e. The van der Waals surface area contributed by atoms with Crippen LogP contribution in [-0.4, -0.2) is 95.8 Å². The molecule has 0 atom stereocenters. The molecule has 4 heterocycles. The van der Waals surface area contributed by atoms with Crippen LogP contribution in [0.15, 0.2) is 24.5 Å². The monoisotopic (exact) mass is 599 g/mol. The number of aromatic nitrogens is 2. The summed E-state index contributed by atoms with van der Waals surface area (Å²) in [5, 5.41) is 6.68. The average Bonchev–Trinajstić information content (AvgIpc) is 3.49. The lowest BCUT2D eigenvalue weighted by molar-refractivity contribution is 0.0203. The summed E-state index contributed by atoms with van der Waals surface area (Å²) < 4.78 is 11.6. The van der Waals surface area contributed by atoms with Gasteiger partial charge in [-0.2, -0.15) is 0 Å². The van der Waals surface area contributed by atoms with E-state index in [9.17, 15) is 9.59 Å². The average molecular weight is 600 g/mol. The molecule has 11 nitrogen and oxygen atoms in total. The number of rotatable bonds is 8. The zero-order chi connectivity index (χ0) is 29.7. The van der Waals surface area contributed by atoms with Crippen LogP contribution in [0.1, 0.15) is 63.2 Å². The molecule has 0 unspecified atom stereocenters. The van der Waals surface area contributed by atoms with E-state index in [0.29, 0.717) is 60.6 Å². The Morgan fingerprint density at radius 2 is 1.86 bits per heavy atom. The highest BCUT2D eigenvalue weighted by molar-refractivity contribution is 6.33. The van der Waals surface area contributed by atoms with Crippen molar-refractivity contribution in [3.8, 4) is 5.75 Å². The number of fused-ring (bicyclic) bond motifs is 1. The molecule has 5 rings (SSSR count). The number of carbonyl (C=O) groups is 2. The molecule has 2 N–H and O–H groups in total. The Morgan fingerprint density at radius 1 is 1.10 bits per heavy atom. The number of amides is 2. The van der Waals surface area contributed by atoms with Crippen molar-refractivity contribution in [1.82, 2.24) is 25.1 Å². The highest BCUT2D eigenvalue weighted by atomic mass is 35.5. The fourth-order valence-corrected chi connectivity index (χ4v) is 5.91. The largest absolute Gasteiger partial charge is 0.485 e. The summed E-state index contributed by atoms with van der Waals surface area (Å²) in [6, 6.07) is 5.41. The third-order valence-corrected chi connectivity index (χ3v) is 8.13. The topological polar surface area (TPSA) is 112 Å². The summed E-state index contributed by atoms with van der Waals surface area (Å²) in [6.45, 7) is 12.0. The second-order valence-electron chi connectivity index (χ2n) is 12.1. The molecule has 12 heteroatoms. The molecule has 2 saturated heterocycles. The number of nitrogens with zero attached hydrogens (tertiary/aromatic N) is 5. The van der Waals surface area contributed by atoms with Gasteiger partial charge in [-0.1, -0.05) is 11.6 Å². The molecule has 0 bridgehead atoms. The third-order valence-electron chi connectivity index (χ3n) is 7.81. The van der Waals surface area contributed by atoms with E-state index in [2.05, 4.69) is 30.4 Å². The van der Waals surface area contributed by atoms with Crippen LogP contribution in [0.25, 0.3) is 0 Å². The standard InChI is InChI=1S/C30H42ClN7O4/c1-30(2,3)42-29(40)37-15-9-22(10-16-37)38-17-18-41-25-26(33-20-34-27(25)38)35-24-8-7-21(19-23(24)31)28(39)32-11-6-14-36-12-4-5-13-36/h7-8,19-20,22H,4-6,9-18H2,1-3H3,(H,32,39)(H,33,34,35). The van der Waals surface area contributed by atoms with Gasteiger partial charge in [0.2, 0.25) is 5.75 Å². The first-order valence-corrected chi connectivity index (χ1v) is 15.4. The Balaban J connectivity index is 1.19. The molecular formula is C30H42ClN7O4. The first kappa shape index (κ1) is 30.2. The number of ether oxygens (including phenoxy) is 2. The van der Waals surface area contributed by atoms with Crippen LogP contribution in [0.3, 0.4) is 0 Å². The smallest absolute Gasteiger partial charge is 0.410 e. The van der Waals surface area contributed by atoms with Crippen LogP contribution >= 0.6 is 11.6 Å². The molecule has 2 amide bonds. The number of anilines is 3. The van der Waals surface area contributed by atoms with E-state index in [1.54, 1.807) is 23.1 Å². The minimum absolute atomic E-state index is 0.138. The predicted molar refractivity (Wildman–Crippen MR) is 163 cm³/mol. The maximum Gasteiger partial charge on any atom is 0.410 e. The number of nitrogens with one attached hydrogen (secondary N) is 2. The fourth-order valence-electron chi connectivity index (χ4n) is 5.68. The van der Waals surface area contributed by atoms with Gasteiger partial charge >= 0.3 is 6.09 Å². The van der Waals surface area contributed by atoms with Crippen molar-refractivity contribution in [1.29, 1.82) is 0 Å². The second-order valence-corrected chi connectivity index (χ2v) is 12.5. The summed E-state index contributed by atoms with van der Waals surface area (Å²) in [6.07, 6.45) is 6.32. The molecule has 0 saturated carbocycles. The van der Waals surface area contributed by atoms with Crippen molar-refractivity contribution >= 4 is 40.9 Å². The molecule has 0 aliphatic carbocycles. The normalized spacial score (nSPS) is 17.9. The van der Waals surface area contributed by atoms with Crippen molar-refractivity contribution in [3.05, 3.63) is 35.1 Å². The Bertz CT molecular complexity index is 1260. The Morgan fingerprint density at radius 3 is 2.57 bits per heavy atom. The lowest BCUT2D eigenvalue weighted by Crippen LogP contribution is -2.50. The molecule has 3 aliphatic heterocycles. The number of hydrogen-bond donors (Lipinski definition) is 2. The molecular weight excluding hydrogens is 558 g/mol. The molecule has 2 aromatic rings. The Hall–Kier alpha value is -3.31. The number of carbonyl (C=O) groups excluding carboxylic acids is 2. The van der Waals surface area contributed by atoms with E-state index in [0.717, 1.165) is 44.7 Å². The molecule has 2 fully saturated rings. The first-order chi connectivity index (χ1) is 20.2. The summed E-state index contributed by atoms with van der Waals surface area (Å²) in [4.78, 5) is 40.6. The van der Waals surface area contributed by atoms with Crippen molar-refractivity contribution in [2.24, 2.45) is 0 Å². The van der Waals surface area contributed by atoms with Crippen LogP contribution in [0.5, 0.6) is 5.75 Å². The van der Waals surface area contributed by atoms with E-state index in [4.69, 9.17) is 21.1 Å². The maximum absolute atomic E-state index is 12.7. The van der Waals surface area contributed by atoms with E-state index >= 15 is 0 Å². The molecule has 0 spiro atoms. The van der Waals surface area contributed by atoms with Gasteiger partial charge < -0.3 is 34.8 Å². The van der Waals surface area contributed by atoms with Gasteiger partial charge in [-0.15, -0.1) is 0 Å². The van der Waals surface area contributed by atoms with Crippen LogP contribution in [-0.2, 0) is 4.74 Å². The van der Waals surface area contributed by atoms with Gasteiger partial charge in [0.25, 0.3) is 5.91 Å². The summed E-state index contributed by atoms with van der Waals surface area (Å²) in [5.74, 6) is 1.66. The van der Waals surface area contributed by atoms with Gasteiger partial charge in [-0.05, 0) is 90.7 Å². The number of halogens is 1. The van der Waals surface area contributed by atoms with Crippen LogP contribution in [0.2, 0.25) is 5.02 Å². The zero-order valence-corrected chi connectivity index (χ0v) is 25.6. The van der Waals surface area contributed by atoms with Gasteiger partial charge in [0, 0.05) is 31.2 Å². The van der Waals surface area contributed by atoms with E-state index in [1.165, 1.54) is 19.2 Å². The van der Waals surface area contributed by atoms with Gasteiger partial charge in [-0.25, -0.2) is 14.8 Å². The molecule has 0 radical (unpaired) electrons. The SMILES string of the molecule is CC(C)(C)OC(=O)N1CCC(N2CCOc3c(Nc4ccc(C(=O)NCCCN5CCCC5)cc4Cl)ncnc32)CC1. The maximum atomic E-state index is 12.7. The van der Waals surface area contributed by atoms with Crippen LogP contribution in [0.4, 0.5) is 22.1 Å². The quantitative estimate of drug-likeness (QED) is 0.417. The number of benzene rings is 1. The van der Waals surface area contributed by atoms with Crippen LogP contribution in [0, 0.1) is 0 Å². The highest BCUT2D eigenvalue weighted by Gasteiger charge is 2.33. The number of hydrogen-bond acceptors (Lipinski definition) is 9. The summed E-state index contributed by atoms with van der Waals surface area (Å²) in [7, 11) is 0. The molecule has 1 aromatic heterocycles. The number of piperidine rings is 1. The van der Waals surface area contributed by atoms with E-state index in [-0.39, 0.29) is 18.0 Å². The number of likely N-dealkylation sites (tertiary alicyclic amines) is 2. The van der Waals surface area contributed by atoms with Crippen molar-refractivity contribution in [2.45, 2.75) is 64.5 Å². The fraction of sp³-hybridized carbons (Fsp3) is 0.600. The molecule has 42 heavy (non-hydrogen) atoms. The van der Waals surface area contributed by atoms with E-state index in [1.807, 2.05) is 20.8 Å². The Labute approximate surface area is 252 Å². The highest BCUT2D eigenvalue weighted by Crippen LogP contribution is 2.39. The van der Waals surface area contributed by atoms with Crippen molar-refractivity contribution < 1.29 is 19.1 Å². The summed E-state index contributed by atoms with van der Waals surface area (Å²) >= 11 is 6.60. The molecule has 228 valence electrons. The summed E-state index contributed by atoms with van der Waals surface area (Å²) in [5.41, 5.74) is 0.617. The lowest BCUT2D eigenvalue weighted by atomic mass is 10.0. The minimum atomic E-state index is -0.514. The lowest BCUT2D eigenvalue weighted by Gasteiger charge is -2.41. The molecule has 3 aliphatic rings. The third kappa shape index (κ3) is 7.55. The second kappa shape index (κ2) is 13.3. The molecule has 1 aromatic carbocycles. The first-order valence-electron chi connectivity index (χ1n) is 15.0. The van der Waals surface area contributed by atoms with Gasteiger partial charge in [0.1, 0.15) is 18.5 Å². The van der Waals surface area contributed by atoms with Crippen molar-refractivity contribution in [2.75, 3.05) is 62.6 Å². The predicted octanol–water partition coefficient (Wildman–Crippen LogP) is 4.69. The van der Waals surface area contributed by atoms with E-state index < -0.39 is 5.60 Å². The zero-order valence-electron chi connectivity index (χ0n) is 24.8. The van der Waals surface area contributed by atoms with Crippen LogP contribution < -0.4 is 20.3 Å². The Kier molecular flexibility index (Phi) is 9.57. The van der Waals surface area contributed by atoms with Gasteiger partial charge in [-0.3, -0.25) is 4.79 Å².